The average molecular weight is 407 g/mol. The largest absolute Gasteiger partial charge is 0.482 e. The molecule has 5 nitrogen and oxygen atoms in total. The van der Waals surface area contributed by atoms with E-state index in [2.05, 4.69) is 0 Å². The van der Waals surface area contributed by atoms with Gasteiger partial charge in [-0.1, -0.05) is 35.3 Å². The number of halogens is 2. The number of Topliss-reactive ketones (excluding diaryl/α,β-unsaturated/α-hetero) is 1. The molecule has 7 heteroatoms. The third-order valence-electron chi connectivity index (χ3n) is 3.63. The molecule has 1 heterocycles. The maximum atomic E-state index is 12.5. The molecule has 0 saturated carbocycles. The number of benzene rings is 2. The molecule has 1 aliphatic rings. The van der Waals surface area contributed by atoms with E-state index in [1.807, 2.05) is 0 Å². The second-order valence-electron chi connectivity index (χ2n) is 6.07. The van der Waals surface area contributed by atoms with Crippen molar-refractivity contribution in [2.75, 3.05) is 6.61 Å². The number of esters is 1. The van der Waals surface area contributed by atoms with Gasteiger partial charge in [-0.05, 0) is 43.7 Å². The summed E-state index contributed by atoms with van der Waals surface area (Å²) in [5.41, 5.74) is 0.977. The van der Waals surface area contributed by atoms with Gasteiger partial charge >= 0.3 is 5.97 Å². The van der Waals surface area contributed by atoms with Gasteiger partial charge in [0, 0.05) is 6.07 Å². The lowest BCUT2D eigenvalue weighted by molar-refractivity contribution is -0.149. The molecule has 2 aromatic carbocycles. The highest BCUT2D eigenvalue weighted by Crippen LogP contribution is 2.36. The Hall–Kier alpha value is -2.50. The predicted octanol–water partition coefficient (Wildman–Crippen LogP) is 4.94. The Bertz CT molecular complexity index is 934. The van der Waals surface area contributed by atoms with E-state index in [1.165, 1.54) is 6.08 Å². The van der Waals surface area contributed by atoms with Gasteiger partial charge in [-0.3, -0.25) is 4.79 Å². The first-order chi connectivity index (χ1) is 12.8. The third kappa shape index (κ3) is 4.43. The van der Waals surface area contributed by atoms with Crippen LogP contribution in [0.4, 0.5) is 0 Å². The van der Waals surface area contributed by atoms with Crippen molar-refractivity contribution in [1.82, 2.24) is 0 Å². The number of allylic oxidation sites excluding steroid dienone is 1. The first kappa shape index (κ1) is 19.3. The van der Waals surface area contributed by atoms with E-state index in [-0.39, 0.29) is 24.3 Å². The minimum Gasteiger partial charge on any atom is -0.482 e. The molecule has 0 radical (unpaired) electrons. The Kier molecular flexibility index (Phi) is 5.73. The van der Waals surface area contributed by atoms with E-state index in [1.54, 1.807) is 50.2 Å². The minimum absolute atomic E-state index is 0.130. The molecule has 0 atom stereocenters. The van der Waals surface area contributed by atoms with Crippen molar-refractivity contribution in [2.24, 2.45) is 0 Å². The van der Waals surface area contributed by atoms with Gasteiger partial charge in [0.05, 0.1) is 21.7 Å². The van der Waals surface area contributed by atoms with E-state index in [0.29, 0.717) is 32.7 Å². The highest BCUT2D eigenvalue weighted by molar-refractivity contribution is 6.43. The molecule has 0 aromatic heterocycles. The molecule has 0 saturated heterocycles. The normalized spacial score (nSPS) is 14.3. The zero-order chi connectivity index (χ0) is 19.6. The Morgan fingerprint density at radius 2 is 2.00 bits per heavy atom. The number of carbonyl (C=O) groups excluding carboxylic acids is 2. The Labute approximate surface area is 166 Å². The molecule has 2 aromatic rings. The van der Waals surface area contributed by atoms with Crippen LogP contribution in [0.1, 0.15) is 29.8 Å². The number of hydrogen-bond acceptors (Lipinski definition) is 5. The maximum absolute atomic E-state index is 12.5. The molecular weight excluding hydrogens is 391 g/mol. The zero-order valence-corrected chi connectivity index (χ0v) is 16.1. The van der Waals surface area contributed by atoms with Gasteiger partial charge in [0.15, 0.2) is 12.4 Å². The lowest BCUT2D eigenvalue weighted by Gasteiger charge is -2.09. The number of rotatable bonds is 5. The summed E-state index contributed by atoms with van der Waals surface area (Å²) in [5, 5.41) is 0.727. The summed E-state index contributed by atoms with van der Waals surface area (Å²) < 4.78 is 16.0. The van der Waals surface area contributed by atoms with Gasteiger partial charge < -0.3 is 14.2 Å². The zero-order valence-electron chi connectivity index (χ0n) is 14.6. The second-order valence-corrected chi connectivity index (χ2v) is 6.85. The fraction of sp³-hybridized carbons (Fsp3) is 0.200. The maximum Gasteiger partial charge on any atom is 0.344 e. The lowest BCUT2D eigenvalue weighted by Crippen LogP contribution is -2.18. The smallest absolute Gasteiger partial charge is 0.344 e. The van der Waals surface area contributed by atoms with Crippen LogP contribution < -0.4 is 9.47 Å². The number of ether oxygens (including phenoxy) is 3. The van der Waals surface area contributed by atoms with Crippen molar-refractivity contribution >= 4 is 41.0 Å². The number of fused-ring (bicyclic) bond motifs is 1. The molecule has 27 heavy (non-hydrogen) atoms. The number of hydrogen-bond donors (Lipinski definition) is 0. The first-order valence-corrected chi connectivity index (χ1v) is 8.95. The quantitative estimate of drug-likeness (QED) is 0.519. The van der Waals surface area contributed by atoms with Crippen molar-refractivity contribution in [1.29, 1.82) is 0 Å². The van der Waals surface area contributed by atoms with Crippen molar-refractivity contribution in [2.45, 2.75) is 20.0 Å². The Morgan fingerprint density at radius 3 is 2.74 bits per heavy atom. The van der Waals surface area contributed by atoms with Gasteiger partial charge in [-0.25, -0.2) is 4.79 Å². The summed E-state index contributed by atoms with van der Waals surface area (Å²) in [7, 11) is 0. The van der Waals surface area contributed by atoms with Crippen LogP contribution in [0.15, 0.2) is 42.2 Å². The first-order valence-electron chi connectivity index (χ1n) is 8.19. The average Bonchev–Trinajstić information content (AvgIpc) is 2.92. The lowest BCUT2D eigenvalue weighted by atomic mass is 10.1. The molecule has 0 spiro atoms. The summed E-state index contributed by atoms with van der Waals surface area (Å²) in [6.07, 6.45) is 1.32. The molecule has 140 valence electrons. The van der Waals surface area contributed by atoms with Crippen molar-refractivity contribution in [3.63, 3.8) is 0 Å². The molecule has 0 N–H and O–H groups in total. The molecule has 0 amide bonds. The summed E-state index contributed by atoms with van der Waals surface area (Å²) in [6.45, 7) is 3.28. The van der Waals surface area contributed by atoms with Gasteiger partial charge in [-0.15, -0.1) is 0 Å². The third-order valence-corrected chi connectivity index (χ3v) is 4.47. The fourth-order valence-electron chi connectivity index (χ4n) is 2.47. The van der Waals surface area contributed by atoms with E-state index < -0.39 is 5.97 Å². The minimum atomic E-state index is -0.473. The van der Waals surface area contributed by atoms with Crippen LogP contribution in [0, 0.1) is 0 Å². The van der Waals surface area contributed by atoms with Crippen LogP contribution in [0.5, 0.6) is 11.5 Å². The number of ketones is 1. The van der Waals surface area contributed by atoms with E-state index in [0.717, 1.165) is 0 Å². The van der Waals surface area contributed by atoms with E-state index in [4.69, 9.17) is 37.4 Å². The van der Waals surface area contributed by atoms with Crippen LogP contribution in [-0.2, 0) is 9.53 Å². The van der Waals surface area contributed by atoms with Gasteiger partial charge in [-0.2, -0.15) is 0 Å². The van der Waals surface area contributed by atoms with Crippen molar-refractivity contribution in [3.05, 3.63) is 63.3 Å². The van der Waals surface area contributed by atoms with Gasteiger partial charge in [0.25, 0.3) is 0 Å². The summed E-state index contributed by atoms with van der Waals surface area (Å²) in [4.78, 5) is 24.1. The molecular formula is C20H16Cl2O5. The van der Waals surface area contributed by atoms with Crippen molar-refractivity contribution < 1.29 is 23.8 Å². The second kappa shape index (κ2) is 8.03. The summed E-state index contributed by atoms with van der Waals surface area (Å²) >= 11 is 12.2. The van der Waals surface area contributed by atoms with E-state index >= 15 is 0 Å². The summed E-state index contributed by atoms with van der Waals surface area (Å²) in [6, 6.07) is 9.85. The molecule has 1 aliphatic heterocycles. The molecule has 0 fully saturated rings. The Morgan fingerprint density at radius 1 is 1.22 bits per heavy atom. The monoisotopic (exact) mass is 406 g/mol. The predicted molar refractivity (Wildman–Crippen MR) is 103 cm³/mol. The SMILES string of the molecule is CC(C)OC(=O)COc1ccc2c(c1)OC(=Cc1cccc(Cl)c1Cl)C2=O. The topological polar surface area (TPSA) is 61.8 Å². The standard InChI is InChI=1S/C20H16Cl2O5/c1-11(2)26-18(23)10-25-13-6-7-14-16(9-13)27-17(20(14)24)8-12-4-3-5-15(21)19(12)22/h3-9,11H,10H2,1-2H3. The highest BCUT2D eigenvalue weighted by atomic mass is 35.5. The molecule has 0 aliphatic carbocycles. The molecule has 0 bridgehead atoms. The van der Waals surface area contributed by atoms with Crippen molar-refractivity contribution in [3.8, 4) is 11.5 Å². The molecule has 0 unspecified atom stereocenters. The Balaban J connectivity index is 1.76. The molecule has 3 rings (SSSR count). The summed E-state index contributed by atoms with van der Waals surface area (Å²) in [5.74, 6) is 0.124. The van der Waals surface area contributed by atoms with Crippen LogP contribution >= 0.6 is 23.2 Å². The fourth-order valence-corrected chi connectivity index (χ4v) is 2.83. The van der Waals surface area contributed by atoms with Gasteiger partial charge in [0.2, 0.25) is 5.78 Å². The highest BCUT2D eigenvalue weighted by Gasteiger charge is 2.28. The number of carbonyl (C=O) groups is 2. The van der Waals surface area contributed by atoms with Gasteiger partial charge in [0.1, 0.15) is 11.5 Å². The van der Waals surface area contributed by atoms with E-state index in [9.17, 15) is 9.59 Å². The van der Waals surface area contributed by atoms with Crippen LogP contribution in [-0.4, -0.2) is 24.5 Å². The van der Waals surface area contributed by atoms with Crippen LogP contribution in [0.2, 0.25) is 10.0 Å². The van der Waals surface area contributed by atoms with Crippen LogP contribution in [0.25, 0.3) is 6.08 Å². The van der Waals surface area contributed by atoms with Crippen LogP contribution in [0.3, 0.4) is 0 Å².